The molecule has 0 atom stereocenters. The van der Waals surface area contributed by atoms with Crippen LogP contribution in [0, 0.1) is 0 Å². The van der Waals surface area contributed by atoms with E-state index < -0.39 is 0 Å². The van der Waals surface area contributed by atoms with Crippen LogP contribution in [-0.2, 0) is 0 Å². The summed E-state index contributed by atoms with van der Waals surface area (Å²) in [6.07, 6.45) is 0. The molecular formula is C11H5Cl5N2. The van der Waals surface area contributed by atoms with E-state index in [-0.39, 0.29) is 10.2 Å². The minimum Gasteiger partial charge on any atom is -0.336 e. The van der Waals surface area contributed by atoms with E-state index in [4.69, 9.17) is 58.0 Å². The molecule has 0 saturated carbocycles. The molecule has 2 aromatic rings. The molecular weight excluding hydrogens is 337 g/mol. The molecule has 0 radical (unpaired) electrons. The van der Waals surface area contributed by atoms with Gasteiger partial charge in [0.05, 0.1) is 25.8 Å². The topological polar surface area (TPSA) is 24.9 Å². The van der Waals surface area contributed by atoms with Gasteiger partial charge in [0.25, 0.3) is 0 Å². The van der Waals surface area contributed by atoms with Crippen molar-refractivity contribution in [2.45, 2.75) is 0 Å². The zero-order valence-corrected chi connectivity index (χ0v) is 12.4. The predicted octanol–water partition coefficient (Wildman–Crippen LogP) is 6.09. The molecule has 0 saturated heterocycles. The third-order valence-corrected chi connectivity index (χ3v) is 3.68. The lowest BCUT2D eigenvalue weighted by molar-refractivity contribution is 1.31. The number of halogens is 5. The fourth-order valence-electron chi connectivity index (χ4n) is 1.27. The van der Waals surface area contributed by atoms with Gasteiger partial charge in [-0.15, -0.1) is 0 Å². The van der Waals surface area contributed by atoms with Gasteiger partial charge in [-0.1, -0.05) is 64.1 Å². The first-order valence-electron chi connectivity index (χ1n) is 4.71. The maximum absolute atomic E-state index is 6.03. The number of hydrogen-bond donors (Lipinski definition) is 1. The van der Waals surface area contributed by atoms with Crippen LogP contribution in [0.3, 0.4) is 0 Å². The minimum atomic E-state index is 0.145. The molecule has 0 amide bonds. The van der Waals surface area contributed by atoms with E-state index in [1.165, 1.54) is 6.07 Å². The van der Waals surface area contributed by atoms with Crippen molar-refractivity contribution in [3.05, 3.63) is 49.5 Å². The normalized spacial score (nSPS) is 10.5. The van der Waals surface area contributed by atoms with Crippen molar-refractivity contribution in [3.8, 4) is 0 Å². The molecule has 1 heterocycles. The Morgan fingerprint density at radius 3 is 2.06 bits per heavy atom. The van der Waals surface area contributed by atoms with Gasteiger partial charge in [0.1, 0.15) is 5.15 Å². The third-order valence-electron chi connectivity index (χ3n) is 2.09. The van der Waals surface area contributed by atoms with Gasteiger partial charge in [-0.2, -0.15) is 0 Å². The van der Waals surface area contributed by atoms with E-state index in [2.05, 4.69) is 10.3 Å². The summed E-state index contributed by atoms with van der Waals surface area (Å²) in [6, 6.07) is 6.62. The molecule has 7 heteroatoms. The number of nitrogens with zero attached hydrogens (tertiary/aromatic N) is 1. The Kier molecular flexibility index (Phi) is 4.46. The molecule has 0 fully saturated rings. The number of nitrogens with one attached hydrogen (secondary N) is 1. The van der Waals surface area contributed by atoms with E-state index in [0.29, 0.717) is 26.6 Å². The monoisotopic (exact) mass is 340 g/mol. The van der Waals surface area contributed by atoms with E-state index in [1.807, 2.05) is 0 Å². The molecule has 0 aliphatic carbocycles. The standard InChI is InChI=1S/C11H5Cl5N2/c12-5-2-1-3-6(13)9(5)17-11-8(15)4-7(14)10(16)18-11/h1-4H,(H,17,18). The SMILES string of the molecule is Clc1cc(Cl)c(Nc2c(Cl)cccc2Cl)nc1Cl. The molecule has 1 aromatic heterocycles. The first kappa shape index (κ1) is 14.0. The van der Waals surface area contributed by atoms with Crippen LogP contribution >= 0.6 is 58.0 Å². The Labute approximate surface area is 129 Å². The number of para-hydroxylation sites is 1. The number of rotatable bonds is 2. The van der Waals surface area contributed by atoms with Gasteiger partial charge < -0.3 is 5.32 Å². The highest BCUT2D eigenvalue weighted by atomic mass is 35.5. The molecule has 0 unspecified atom stereocenters. The molecule has 1 N–H and O–H groups in total. The van der Waals surface area contributed by atoms with Crippen molar-refractivity contribution in [2.24, 2.45) is 0 Å². The minimum absolute atomic E-state index is 0.145. The highest BCUT2D eigenvalue weighted by Crippen LogP contribution is 2.36. The van der Waals surface area contributed by atoms with Crippen molar-refractivity contribution in [2.75, 3.05) is 5.32 Å². The van der Waals surface area contributed by atoms with Crippen LogP contribution < -0.4 is 5.32 Å². The summed E-state index contributed by atoms with van der Waals surface area (Å²) in [7, 11) is 0. The maximum Gasteiger partial charge on any atom is 0.151 e. The van der Waals surface area contributed by atoms with Gasteiger partial charge in [-0.25, -0.2) is 4.98 Å². The number of pyridine rings is 1. The summed E-state index contributed by atoms with van der Waals surface area (Å²) >= 11 is 29.7. The Bertz CT molecular complexity index is 580. The van der Waals surface area contributed by atoms with Crippen LogP contribution in [0.1, 0.15) is 0 Å². The van der Waals surface area contributed by atoms with Crippen molar-refractivity contribution < 1.29 is 0 Å². The zero-order valence-electron chi connectivity index (χ0n) is 8.65. The van der Waals surface area contributed by atoms with E-state index in [1.54, 1.807) is 18.2 Å². The third kappa shape index (κ3) is 2.95. The molecule has 0 spiro atoms. The first-order valence-corrected chi connectivity index (χ1v) is 6.60. The van der Waals surface area contributed by atoms with Gasteiger partial charge in [-0.3, -0.25) is 0 Å². The van der Waals surface area contributed by atoms with Crippen molar-refractivity contribution in [1.29, 1.82) is 0 Å². The molecule has 1 aromatic carbocycles. The van der Waals surface area contributed by atoms with Crippen LogP contribution in [0.25, 0.3) is 0 Å². The summed E-state index contributed by atoms with van der Waals surface area (Å²) < 4.78 is 0. The highest BCUT2D eigenvalue weighted by molar-refractivity contribution is 6.43. The second-order valence-corrected chi connectivity index (χ2v) is 5.30. The number of aromatic nitrogens is 1. The number of anilines is 2. The lowest BCUT2D eigenvalue weighted by Gasteiger charge is -2.11. The molecule has 0 aliphatic heterocycles. The Hall–Kier alpha value is -0.380. The lowest BCUT2D eigenvalue weighted by Crippen LogP contribution is -1.96. The molecule has 0 aliphatic rings. The van der Waals surface area contributed by atoms with Crippen LogP contribution in [0.15, 0.2) is 24.3 Å². The summed E-state index contributed by atoms with van der Waals surface area (Å²) in [5.41, 5.74) is 0.508. The fourth-order valence-corrected chi connectivity index (χ4v) is 2.30. The molecule has 18 heavy (non-hydrogen) atoms. The molecule has 0 bridgehead atoms. The van der Waals surface area contributed by atoms with Gasteiger partial charge >= 0.3 is 0 Å². The first-order chi connectivity index (χ1) is 8.49. The summed E-state index contributed by atoms with van der Waals surface area (Å²) in [4.78, 5) is 4.02. The van der Waals surface area contributed by atoms with Crippen molar-refractivity contribution >= 4 is 69.5 Å². The quantitative estimate of drug-likeness (QED) is 0.668. The fraction of sp³-hybridized carbons (Fsp3) is 0. The largest absolute Gasteiger partial charge is 0.336 e. The predicted molar refractivity (Wildman–Crippen MR) is 79.0 cm³/mol. The van der Waals surface area contributed by atoms with Crippen molar-refractivity contribution in [3.63, 3.8) is 0 Å². The van der Waals surface area contributed by atoms with E-state index in [0.717, 1.165) is 0 Å². The average molecular weight is 342 g/mol. The summed E-state index contributed by atoms with van der Waals surface area (Å²) in [5.74, 6) is 0.334. The van der Waals surface area contributed by atoms with Gasteiger partial charge in [0, 0.05) is 0 Å². The van der Waals surface area contributed by atoms with E-state index in [9.17, 15) is 0 Å². The van der Waals surface area contributed by atoms with Crippen molar-refractivity contribution in [1.82, 2.24) is 4.98 Å². The van der Waals surface area contributed by atoms with Gasteiger partial charge in [0.2, 0.25) is 0 Å². The Morgan fingerprint density at radius 2 is 1.44 bits per heavy atom. The molecule has 2 rings (SSSR count). The maximum atomic E-state index is 6.03. The number of hydrogen-bond acceptors (Lipinski definition) is 2. The van der Waals surface area contributed by atoms with Gasteiger partial charge in [0.15, 0.2) is 5.82 Å². The average Bonchev–Trinajstić information content (AvgIpc) is 2.30. The zero-order chi connectivity index (χ0) is 13.3. The Morgan fingerprint density at radius 1 is 0.833 bits per heavy atom. The number of benzene rings is 1. The summed E-state index contributed by atoms with van der Waals surface area (Å²) in [6.45, 7) is 0. The highest BCUT2D eigenvalue weighted by Gasteiger charge is 2.11. The smallest absolute Gasteiger partial charge is 0.151 e. The lowest BCUT2D eigenvalue weighted by atomic mass is 10.3. The summed E-state index contributed by atoms with van der Waals surface area (Å²) in [5, 5.41) is 4.57. The molecule has 2 nitrogen and oxygen atoms in total. The van der Waals surface area contributed by atoms with E-state index >= 15 is 0 Å². The van der Waals surface area contributed by atoms with Crippen LogP contribution in [-0.4, -0.2) is 4.98 Å². The van der Waals surface area contributed by atoms with Crippen LogP contribution in [0.4, 0.5) is 11.5 Å². The second kappa shape index (κ2) is 5.72. The van der Waals surface area contributed by atoms with Crippen LogP contribution in [0.5, 0.6) is 0 Å². The van der Waals surface area contributed by atoms with Crippen LogP contribution in [0.2, 0.25) is 25.2 Å². The Balaban J connectivity index is 2.43. The molecule has 94 valence electrons. The van der Waals surface area contributed by atoms with Gasteiger partial charge in [-0.05, 0) is 18.2 Å². The second-order valence-electron chi connectivity index (χ2n) is 3.31.